The highest BCUT2D eigenvalue weighted by molar-refractivity contribution is 5.94. The lowest BCUT2D eigenvalue weighted by Gasteiger charge is -2.13. The number of carboxylic acids is 1. The van der Waals surface area contributed by atoms with Gasteiger partial charge in [-0.1, -0.05) is 24.3 Å². The number of methoxy groups -OCH3 is 2. The number of aliphatic carboxylic acids is 1. The Hall–Kier alpha value is -2.23. The number of ether oxygens (including phenoxy) is 2. The number of carboxylic acid groups (broad SMARTS) is 1. The lowest BCUT2D eigenvalue weighted by atomic mass is 10.0. The van der Waals surface area contributed by atoms with Crippen molar-refractivity contribution in [1.29, 1.82) is 0 Å². The van der Waals surface area contributed by atoms with Crippen LogP contribution >= 0.6 is 0 Å². The molecule has 0 aliphatic carbocycles. The fraction of sp³-hybridized carbons (Fsp3) is 0.267. The van der Waals surface area contributed by atoms with Gasteiger partial charge in [-0.2, -0.15) is 0 Å². The van der Waals surface area contributed by atoms with Crippen LogP contribution < -0.4 is 9.47 Å². The van der Waals surface area contributed by atoms with Crippen LogP contribution in [0, 0.1) is 0 Å². The summed E-state index contributed by atoms with van der Waals surface area (Å²) in [4.78, 5) is 10.7. The van der Waals surface area contributed by atoms with E-state index in [2.05, 4.69) is 0 Å². The molecule has 2 rings (SSSR count). The summed E-state index contributed by atoms with van der Waals surface area (Å²) in [5.41, 5.74) is 0.894. The van der Waals surface area contributed by atoms with E-state index < -0.39 is 5.97 Å². The molecular formula is C15H16O4. The van der Waals surface area contributed by atoms with Gasteiger partial charge in [0.2, 0.25) is 0 Å². The normalized spacial score (nSPS) is 10.4. The van der Waals surface area contributed by atoms with Gasteiger partial charge >= 0.3 is 5.97 Å². The summed E-state index contributed by atoms with van der Waals surface area (Å²) < 4.78 is 10.8. The van der Waals surface area contributed by atoms with Crippen molar-refractivity contribution in [1.82, 2.24) is 0 Å². The summed E-state index contributed by atoms with van der Waals surface area (Å²) >= 11 is 0. The Balaban J connectivity index is 2.53. The molecule has 4 nitrogen and oxygen atoms in total. The first-order valence-electron chi connectivity index (χ1n) is 6.01. The molecule has 2 aromatic rings. The summed E-state index contributed by atoms with van der Waals surface area (Å²) in [5.74, 6) is 0.686. The highest BCUT2D eigenvalue weighted by Gasteiger charge is 2.11. The van der Waals surface area contributed by atoms with Gasteiger partial charge in [0.1, 0.15) is 11.5 Å². The third kappa shape index (κ3) is 2.62. The van der Waals surface area contributed by atoms with Gasteiger partial charge in [0, 0.05) is 17.2 Å². The molecule has 0 aromatic heterocycles. The number of hydrogen-bond donors (Lipinski definition) is 1. The molecule has 0 heterocycles. The molecule has 0 atom stereocenters. The first-order chi connectivity index (χ1) is 9.17. The van der Waals surface area contributed by atoms with Crippen LogP contribution in [0.25, 0.3) is 10.8 Å². The summed E-state index contributed by atoms with van der Waals surface area (Å²) in [6.07, 6.45) is 0.539. The molecule has 0 amide bonds. The molecule has 4 heteroatoms. The van der Waals surface area contributed by atoms with Gasteiger partial charge in [0.15, 0.2) is 0 Å². The fourth-order valence-corrected chi connectivity index (χ4v) is 2.20. The Labute approximate surface area is 111 Å². The quantitative estimate of drug-likeness (QED) is 0.898. The van der Waals surface area contributed by atoms with Crippen molar-refractivity contribution < 1.29 is 19.4 Å². The molecule has 100 valence electrons. The maximum absolute atomic E-state index is 10.7. The molecule has 0 spiro atoms. The van der Waals surface area contributed by atoms with Crippen molar-refractivity contribution in [3.63, 3.8) is 0 Å². The molecule has 0 radical (unpaired) electrons. The van der Waals surface area contributed by atoms with Crippen LogP contribution in [-0.2, 0) is 11.2 Å². The van der Waals surface area contributed by atoms with Crippen molar-refractivity contribution in [2.75, 3.05) is 14.2 Å². The topological polar surface area (TPSA) is 55.8 Å². The third-order valence-corrected chi connectivity index (χ3v) is 3.09. The van der Waals surface area contributed by atoms with Crippen LogP contribution in [0.2, 0.25) is 0 Å². The summed E-state index contributed by atoms with van der Waals surface area (Å²) in [6, 6.07) is 9.56. The van der Waals surface area contributed by atoms with Gasteiger partial charge in [-0.25, -0.2) is 0 Å². The lowest BCUT2D eigenvalue weighted by molar-refractivity contribution is -0.136. The number of aryl methyl sites for hydroxylation is 1. The maximum Gasteiger partial charge on any atom is 0.303 e. The SMILES string of the molecule is COc1cccc2c(OC)c(CCC(=O)O)ccc12. The van der Waals surface area contributed by atoms with E-state index >= 15 is 0 Å². The second-order valence-electron chi connectivity index (χ2n) is 4.21. The Kier molecular flexibility index (Phi) is 3.90. The third-order valence-electron chi connectivity index (χ3n) is 3.09. The molecule has 0 saturated heterocycles. The first kappa shape index (κ1) is 13.2. The monoisotopic (exact) mass is 260 g/mol. The number of carbonyl (C=O) groups is 1. The van der Waals surface area contributed by atoms with Crippen LogP contribution in [-0.4, -0.2) is 25.3 Å². The van der Waals surface area contributed by atoms with Crippen LogP contribution in [0.4, 0.5) is 0 Å². The smallest absolute Gasteiger partial charge is 0.303 e. The Morgan fingerprint density at radius 2 is 1.89 bits per heavy atom. The lowest BCUT2D eigenvalue weighted by Crippen LogP contribution is -2.00. The molecule has 0 bridgehead atoms. The maximum atomic E-state index is 10.7. The Morgan fingerprint density at radius 3 is 2.53 bits per heavy atom. The molecule has 0 aliphatic heterocycles. The minimum absolute atomic E-state index is 0.0891. The zero-order valence-corrected chi connectivity index (χ0v) is 11.0. The van der Waals surface area contributed by atoms with Crippen molar-refractivity contribution >= 4 is 16.7 Å². The van der Waals surface area contributed by atoms with Crippen LogP contribution in [0.3, 0.4) is 0 Å². The van der Waals surface area contributed by atoms with Crippen molar-refractivity contribution in [3.8, 4) is 11.5 Å². The minimum atomic E-state index is -0.812. The van der Waals surface area contributed by atoms with Crippen LogP contribution in [0.1, 0.15) is 12.0 Å². The predicted octanol–water partition coefficient (Wildman–Crippen LogP) is 2.87. The van der Waals surface area contributed by atoms with E-state index in [9.17, 15) is 4.79 Å². The van der Waals surface area contributed by atoms with Crippen molar-refractivity contribution in [2.45, 2.75) is 12.8 Å². The zero-order valence-electron chi connectivity index (χ0n) is 11.0. The zero-order chi connectivity index (χ0) is 13.8. The van der Waals surface area contributed by atoms with Crippen molar-refractivity contribution in [2.24, 2.45) is 0 Å². The molecule has 19 heavy (non-hydrogen) atoms. The molecule has 0 fully saturated rings. The Morgan fingerprint density at radius 1 is 1.11 bits per heavy atom. The van der Waals surface area contributed by atoms with Crippen LogP contribution in [0.15, 0.2) is 30.3 Å². The summed E-state index contributed by atoms with van der Waals surface area (Å²) in [5, 5.41) is 10.7. The van der Waals surface area contributed by atoms with Crippen molar-refractivity contribution in [3.05, 3.63) is 35.9 Å². The molecule has 0 aliphatic rings. The number of benzene rings is 2. The van der Waals surface area contributed by atoms with Gasteiger partial charge in [0.25, 0.3) is 0 Å². The van der Waals surface area contributed by atoms with E-state index in [1.807, 2.05) is 30.3 Å². The number of fused-ring (bicyclic) bond motifs is 1. The summed E-state index contributed by atoms with van der Waals surface area (Å²) in [7, 11) is 3.22. The standard InChI is InChI=1S/C15H16O4/c1-18-13-5-3-4-12-11(13)8-6-10(15(12)19-2)7-9-14(16)17/h3-6,8H,7,9H2,1-2H3,(H,16,17). The van der Waals surface area contributed by atoms with Gasteiger partial charge < -0.3 is 14.6 Å². The highest BCUT2D eigenvalue weighted by atomic mass is 16.5. The van der Waals surface area contributed by atoms with E-state index in [0.29, 0.717) is 6.42 Å². The van der Waals surface area contributed by atoms with E-state index in [1.165, 1.54) is 0 Å². The fourth-order valence-electron chi connectivity index (χ4n) is 2.20. The van der Waals surface area contributed by atoms with E-state index in [0.717, 1.165) is 27.8 Å². The average molecular weight is 260 g/mol. The highest BCUT2D eigenvalue weighted by Crippen LogP contribution is 2.35. The van der Waals surface area contributed by atoms with Gasteiger partial charge in [-0.15, -0.1) is 0 Å². The molecule has 0 unspecified atom stereocenters. The Bertz CT molecular complexity index is 604. The molecule has 1 N–H and O–H groups in total. The second-order valence-corrected chi connectivity index (χ2v) is 4.21. The number of hydrogen-bond acceptors (Lipinski definition) is 3. The molecular weight excluding hydrogens is 244 g/mol. The van der Waals surface area contributed by atoms with Gasteiger partial charge in [0.05, 0.1) is 14.2 Å². The van der Waals surface area contributed by atoms with Crippen LogP contribution in [0.5, 0.6) is 11.5 Å². The molecule has 0 saturated carbocycles. The minimum Gasteiger partial charge on any atom is -0.496 e. The molecule has 2 aromatic carbocycles. The number of rotatable bonds is 5. The van der Waals surface area contributed by atoms with Gasteiger partial charge in [-0.05, 0) is 18.1 Å². The van der Waals surface area contributed by atoms with E-state index in [1.54, 1.807) is 14.2 Å². The average Bonchev–Trinajstić information content (AvgIpc) is 2.43. The summed E-state index contributed by atoms with van der Waals surface area (Å²) in [6.45, 7) is 0. The van der Waals surface area contributed by atoms with Gasteiger partial charge in [-0.3, -0.25) is 4.79 Å². The largest absolute Gasteiger partial charge is 0.496 e. The predicted molar refractivity (Wildman–Crippen MR) is 73.0 cm³/mol. The van der Waals surface area contributed by atoms with E-state index in [4.69, 9.17) is 14.6 Å². The van der Waals surface area contributed by atoms with E-state index in [-0.39, 0.29) is 6.42 Å². The first-order valence-corrected chi connectivity index (χ1v) is 6.01. The second kappa shape index (κ2) is 5.61.